The Labute approximate surface area is 140 Å². The standard InChI is InChI=1S/C17H28N2O3S/c1-13(2)15(19-9-5-6-10-19)12-18-23(20,21)17-8-7-14(3)11-16(17)22-4/h7-8,11,13,15,18H,5-6,9-10,12H2,1-4H3. The molecule has 0 amide bonds. The summed E-state index contributed by atoms with van der Waals surface area (Å²) >= 11 is 0. The van der Waals surface area contributed by atoms with Crippen molar-refractivity contribution in [1.82, 2.24) is 9.62 Å². The average Bonchev–Trinajstić information content (AvgIpc) is 3.00. The highest BCUT2D eigenvalue weighted by Gasteiger charge is 2.27. The van der Waals surface area contributed by atoms with Gasteiger partial charge in [-0.25, -0.2) is 13.1 Å². The normalized spacial score (nSPS) is 17.6. The highest BCUT2D eigenvalue weighted by molar-refractivity contribution is 7.89. The number of benzene rings is 1. The summed E-state index contributed by atoms with van der Waals surface area (Å²) < 4.78 is 33.3. The zero-order chi connectivity index (χ0) is 17.0. The minimum absolute atomic E-state index is 0.203. The van der Waals surface area contributed by atoms with Crippen molar-refractivity contribution in [2.45, 2.75) is 44.6 Å². The van der Waals surface area contributed by atoms with Crippen LogP contribution in [0.5, 0.6) is 5.75 Å². The molecule has 0 bridgehead atoms. The Bertz CT molecular complexity index is 623. The first-order valence-corrected chi connectivity index (χ1v) is 9.72. The molecular weight excluding hydrogens is 312 g/mol. The quantitative estimate of drug-likeness (QED) is 0.828. The van der Waals surface area contributed by atoms with Crippen LogP contribution in [0.15, 0.2) is 23.1 Å². The summed E-state index contributed by atoms with van der Waals surface area (Å²) in [5.74, 6) is 0.787. The molecule has 1 fully saturated rings. The van der Waals surface area contributed by atoms with E-state index in [1.165, 1.54) is 20.0 Å². The molecule has 1 aromatic rings. The van der Waals surface area contributed by atoms with E-state index in [9.17, 15) is 8.42 Å². The average molecular weight is 340 g/mol. The molecule has 0 aromatic heterocycles. The fourth-order valence-electron chi connectivity index (χ4n) is 3.13. The highest BCUT2D eigenvalue weighted by Crippen LogP contribution is 2.25. The maximum absolute atomic E-state index is 12.7. The van der Waals surface area contributed by atoms with Gasteiger partial charge in [-0.15, -0.1) is 0 Å². The third-order valence-electron chi connectivity index (χ3n) is 4.47. The number of hydrogen-bond donors (Lipinski definition) is 1. The molecule has 1 aliphatic heterocycles. The van der Waals surface area contributed by atoms with Gasteiger partial charge in [0.2, 0.25) is 10.0 Å². The minimum atomic E-state index is -3.58. The van der Waals surface area contributed by atoms with Gasteiger partial charge in [-0.2, -0.15) is 0 Å². The van der Waals surface area contributed by atoms with E-state index in [1.54, 1.807) is 18.2 Å². The first-order valence-electron chi connectivity index (χ1n) is 8.23. The Hall–Kier alpha value is -1.11. The van der Waals surface area contributed by atoms with Crippen LogP contribution in [-0.2, 0) is 10.0 Å². The molecule has 1 N–H and O–H groups in total. The van der Waals surface area contributed by atoms with E-state index in [0.29, 0.717) is 18.2 Å². The molecule has 0 aliphatic carbocycles. The molecule has 0 radical (unpaired) electrons. The number of aryl methyl sites for hydroxylation is 1. The Morgan fingerprint density at radius 2 is 1.91 bits per heavy atom. The SMILES string of the molecule is COc1cc(C)ccc1S(=O)(=O)NCC(C(C)C)N1CCCC1. The lowest BCUT2D eigenvalue weighted by molar-refractivity contribution is 0.193. The van der Waals surface area contributed by atoms with Gasteiger partial charge in [-0.3, -0.25) is 4.90 Å². The maximum atomic E-state index is 12.7. The van der Waals surface area contributed by atoms with Gasteiger partial charge in [-0.05, 0) is 56.5 Å². The van der Waals surface area contributed by atoms with Crippen LogP contribution < -0.4 is 9.46 Å². The molecule has 130 valence electrons. The number of methoxy groups -OCH3 is 1. The van der Waals surface area contributed by atoms with E-state index >= 15 is 0 Å². The summed E-state index contributed by atoms with van der Waals surface area (Å²) in [7, 11) is -2.08. The zero-order valence-corrected chi connectivity index (χ0v) is 15.3. The predicted octanol–water partition coefficient (Wildman–Crippen LogP) is 2.40. The Morgan fingerprint density at radius 1 is 1.26 bits per heavy atom. The summed E-state index contributed by atoms with van der Waals surface area (Å²) in [6.07, 6.45) is 2.39. The van der Waals surface area contributed by atoms with Crippen molar-refractivity contribution < 1.29 is 13.2 Å². The second kappa shape index (κ2) is 7.64. The molecule has 0 saturated carbocycles. The van der Waals surface area contributed by atoms with Crippen LogP contribution in [0, 0.1) is 12.8 Å². The monoisotopic (exact) mass is 340 g/mol. The molecule has 1 atom stereocenters. The van der Waals surface area contributed by atoms with Crippen LogP contribution in [0.25, 0.3) is 0 Å². The first-order chi connectivity index (χ1) is 10.8. The van der Waals surface area contributed by atoms with Crippen LogP contribution in [0.1, 0.15) is 32.3 Å². The van der Waals surface area contributed by atoms with E-state index < -0.39 is 10.0 Å². The summed E-state index contributed by atoms with van der Waals surface area (Å²) in [5, 5.41) is 0. The number of hydrogen-bond acceptors (Lipinski definition) is 4. The molecule has 1 saturated heterocycles. The van der Waals surface area contributed by atoms with E-state index in [4.69, 9.17) is 4.74 Å². The van der Waals surface area contributed by atoms with Crippen molar-refractivity contribution in [1.29, 1.82) is 0 Å². The van der Waals surface area contributed by atoms with E-state index in [-0.39, 0.29) is 10.9 Å². The Morgan fingerprint density at radius 3 is 2.48 bits per heavy atom. The van der Waals surface area contributed by atoms with Gasteiger partial charge in [0, 0.05) is 12.6 Å². The number of nitrogens with one attached hydrogen (secondary N) is 1. The first kappa shape index (κ1) is 18.2. The van der Waals surface area contributed by atoms with Gasteiger partial charge in [-0.1, -0.05) is 19.9 Å². The van der Waals surface area contributed by atoms with Gasteiger partial charge < -0.3 is 4.74 Å². The molecule has 1 unspecified atom stereocenters. The largest absolute Gasteiger partial charge is 0.495 e. The van der Waals surface area contributed by atoms with E-state index in [0.717, 1.165) is 18.7 Å². The van der Waals surface area contributed by atoms with Crippen LogP contribution in [-0.4, -0.2) is 46.1 Å². The number of sulfonamides is 1. The van der Waals surface area contributed by atoms with Crippen LogP contribution in [0.4, 0.5) is 0 Å². The number of nitrogens with zero attached hydrogens (tertiary/aromatic N) is 1. The van der Waals surface area contributed by atoms with Crippen molar-refractivity contribution >= 4 is 10.0 Å². The van der Waals surface area contributed by atoms with Gasteiger partial charge in [0.1, 0.15) is 10.6 Å². The van der Waals surface area contributed by atoms with Gasteiger partial charge >= 0.3 is 0 Å². The molecular formula is C17H28N2O3S. The third-order valence-corrected chi connectivity index (χ3v) is 5.93. The zero-order valence-electron chi connectivity index (χ0n) is 14.5. The van der Waals surface area contributed by atoms with Crippen molar-refractivity contribution in [2.24, 2.45) is 5.92 Å². The predicted molar refractivity (Wildman–Crippen MR) is 92.4 cm³/mol. The van der Waals surface area contributed by atoms with E-state index in [2.05, 4.69) is 23.5 Å². The van der Waals surface area contributed by atoms with Crippen molar-refractivity contribution in [3.63, 3.8) is 0 Å². The minimum Gasteiger partial charge on any atom is -0.495 e. The molecule has 1 aromatic carbocycles. The molecule has 6 heteroatoms. The third kappa shape index (κ3) is 4.46. The number of likely N-dealkylation sites (tertiary alicyclic amines) is 1. The fraction of sp³-hybridized carbons (Fsp3) is 0.647. The maximum Gasteiger partial charge on any atom is 0.244 e. The number of ether oxygens (including phenoxy) is 1. The molecule has 1 heterocycles. The molecule has 23 heavy (non-hydrogen) atoms. The van der Waals surface area contributed by atoms with Gasteiger partial charge in [0.25, 0.3) is 0 Å². The summed E-state index contributed by atoms with van der Waals surface area (Å²) in [6.45, 7) is 8.73. The smallest absolute Gasteiger partial charge is 0.244 e. The van der Waals surface area contributed by atoms with Crippen molar-refractivity contribution in [3.8, 4) is 5.75 Å². The van der Waals surface area contributed by atoms with Crippen molar-refractivity contribution in [2.75, 3.05) is 26.7 Å². The summed E-state index contributed by atoms with van der Waals surface area (Å²) in [5.41, 5.74) is 0.970. The van der Waals surface area contributed by atoms with E-state index in [1.807, 2.05) is 6.92 Å². The highest BCUT2D eigenvalue weighted by atomic mass is 32.2. The second-order valence-corrected chi connectivity index (χ2v) is 8.30. The molecule has 1 aliphatic rings. The lowest BCUT2D eigenvalue weighted by atomic mass is 10.0. The van der Waals surface area contributed by atoms with Crippen molar-refractivity contribution in [3.05, 3.63) is 23.8 Å². The Balaban J connectivity index is 2.14. The topological polar surface area (TPSA) is 58.6 Å². The molecule has 2 rings (SSSR count). The lowest BCUT2D eigenvalue weighted by Crippen LogP contribution is -2.45. The molecule has 0 spiro atoms. The van der Waals surface area contributed by atoms with Gasteiger partial charge in [0.15, 0.2) is 0 Å². The lowest BCUT2D eigenvalue weighted by Gasteiger charge is -2.31. The Kier molecular flexibility index (Phi) is 6.06. The van der Waals surface area contributed by atoms with Crippen LogP contribution >= 0.6 is 0 Å². The van der Waals surface area contributed by atoms with Crippen LogP contribution in [0.3, 0.4) is 0 Å². The van der Waals surface area contributed by atoms with Crippen LogP contribution in [0.2, 0.25) is 0 Å². The number of rotatable bonds is 7. The summed E-state index contributed by atoms with van der Waals surface area (Å²) in [6, 6.07) is 5.37. The second-order valence-electron chi connectivity index (χ2n) is 6.56. The fourth-order valence-corrected chi connectivity index (χ4v) is 4.33. The molecule has 5 nitrogen and oxygen atoms in total. The van der Waals surface area contributed by atoms with Gasteiger partial charge in [0.05, 0.1) is 7.11 Å². The summed E-state index contributed by atoms with van der Waals surface area (Å²) in [4.78, 5) is 2.59.